The van der Waals surface area contributed by atoms with E-state index in [2.05, 4.69) is 0 Å². The fraction of sp³-hybridized carbons (Fsp3) is 0.143. The van der Waals surface area contributed by atoms with Gasteiger partial charge in [-0.05, 0) is 12.1 Å². The molecule has 0 aliphatic heterocycles. The Morgan fingerprint density at radius 1 is 1.43 bits per heavy atom. The summed E-state index contributed by atoms with van der Waals surface area (Å²) >= 11 is 0. The standard InChI is InChI=1S/C7H9FN2O3S/c1-9-14(12,13)10-7-3-2-5(11)4-6(7)8/h2-4,9-11H,1H3. The number of anilines is 1. The Labute approximate surface area is 80.8 Å². The summed E-state index contributed by atoms with van der Waals surface area (Å²) in [5.41, 5.74) is -0.225. The lowest BCUT2D eigenvalue weighted by Gasteiger charge is -2.07. The second kappa shape index (κ2) is 3.81. The lowest BCUT2D eigenvalue weighted by Crippen LogP contribution is -2.26. The molecule has 1 aromatic rings. The first-order valence-electron chi connectivity index (χ1n) is 3.64. The van der Waals surface area contributed by atoms with Crippen LogP contribution in [0.4, 0.5) is 10.1 Å². The average Bonchev–Trinajstić information content (AvgIpc) is 2.10. The SMILES string of the molecule is CNS(=O)(=O)Nc1ccc(O)cc1F. The van der Waals surface area contributed by atoms with Crippen molar-refractivity contribution in [3.05, 3.63) is 24.0 Å². The van der Waals surface area contributed by atoms with Crippen molar-refractivity contribution in [3.8, 4) is 5.75 Å². The molecule has 7 heteroatoms. The van der Waals surface area contributed by atoms with Crippen LogP contribution in [0.5, 0.6) is 5.75 Å². The zero-order valence-corrected chi connectivity index (χ0v) is 8.10. The van der Waals surface area contributed by atoms with Crippen LogP contribution >= 0.6 is 0 Å². The van der Waals surface area contributed by atoms with Crippen molar-refractivity contribution in [2.75, 3.05) is 11.8 Å². The summed E-state index contributed by atoms with van der Waals surface area (Å²) in [4.78, 5) is 0. The van der Waals surface area contributed by atoms with Crippen molar-refractivity contribution >= 4 is 15.9 Å². The number of halogens is 1. The van der Waals surface area contributed by atoms with Crippen molar-refractivity contribution < 1.29 is 17.9 Å². The first kappa shape index (κ1) is 10.7. The molecule has 0 bridgehead atoms. The van der Waals surface area contributed by atoms with Gasteiger partial charge in [-0.1, -0.05) is 0 Å². The summed E-state index contributed by atoms with van der Waals surface area (Å²) in [5, 5.41) is 8.86. The van der Waals surface area contributed by atoms with E-state index in [0.717, 1.165) is 12.1 Å². The highest BCUT2D eigenvalue weighted by Gasteiger charge is 2.10. The number of rotatable bonds is 3. The Bertz CT molecular complexity index is 433. The van der Waals surface area contributed by atoms with Gasteiger partial charge in [-0.15, -0.1) is 0 Å². The van der Waals surface area contributed by atoms with Gasteiger partial charge in [0.05, 0.1) is 5.69 Å². The topological polar surface area (TPSA) is 78.4 Å². The van der Waals surface area contributed by atoms with E-state index in [4.69, 9.17) is 5.11 Å². The first-order valence-corrected chi connectivity index (χ1v) is 5.13. The smallest absolute Gasteiger partial charge is 0.298 e. The zero-order chi connectivity index (χ0) is 10.8. The van der Waals surface area contributed by atoms with E-state index in [-0.39, 0.29) is 11.4 Å². The fourth-order valence-electron chi connectivity index (χ4n) is 0.783. The summed E-state index contributed by atoms with van der Waals surface area (Å²) in [6.45, 7) is 0. The fourth-order valence-corrected chi connectivity index (χ4v) is 1.34. The van der Waals surface area contributed by atoms with Gasteiger partial charge < -0.3 is 5.11 Å². The number of phenolic OH excluding ortho intramolecular Hbond substituents is 1. The maximum absolute atomic E-state index is 13.0. The molecule has 0 heterocycles. The monoisotopic (exact) mass is 220 g/mol. The van der Waals surface area contributed by atoms with Gasteiger partial charge in [0.2, 0.25) is 0 Å². The first-order chi connectivity index (χ1) is 6.44. The highest BCUT2D eigenvalue weighted by molar-refractivity contribution is 7.90. The molecular weight excluding hydrogens is 211 g/mol. The molecule has 0 saturated heterocycles. The van der Waals surface area contributed by atoms with Gasteiger partial charge in [0.25, 0.3) is 10.2 Å². The quantitative estimate of drug-likeness (QED) is 0.645. The van der Waals surface area contributed by atoms with E-state index >= 15 is 0 Å². The molecule has 78 valence electrons. The molecular formula is C7H9FN2O3S. The Balaban J connectivity index is 2.99. The van der Waals surface area contributed by atoms with E-state index in [0.29, 0.717) is 0 Å². The minimum Gasteiger partial charge on any atom is -0.508 e. The molecule has 0 amide bonds. The maximum atomic E-state index is 13.0. The number of aromatic hydroxyl groups is 1. The van der Waals surface area contributed by atoms with Gasteiger partial charge in [0, 0.05) is 13.1 Å². The Morgan fingerprint density at radius 2 is 2.07 bits per heavy atom. The van der Waals surface area contributed by atoms with Gasteiger partial charge in [0.1, 0.15) is 5.75 Å². The summed E-state index contributed by atoms with van der Waals surface area (Å²) in [5.74, 6) is -1.11. The molecule has 3 N–H and O–H groups in total. The molecule has 0 radical (unpaired) electrons. The third-order valence-corrected chi connectivity index (χ3v) is 2.49. The second-order valence-corrected chi connectivity index (χ2v) is 4.09. The van der Waals surface area contributed by atoms with Gasteiger partial charge in [-0.25, -0.2) is 9.11 Å². The van der Waals surface area contributed by atoms with Crippen LogP contribution in [-0.4, -0.2) is 20.6 Å². The van der Waals surface area contributed by atoms with E-state index in [1.54, 1.807) is 0 Å². The van der Waals surface area contributed by atoms with E-state index < -0.39 is 16.0 Å². The Hall–Kier alpha value is -1.34. The molecule has 0 aromatic heterocycles. The minimum atomic E-state index is -3.73. The number of benzene rings is 1. The van der Waals surface area contributed by atoms with Gasteiger partial charge >= 0.3 is 0 Å². The molecule has 5 nitrogen and oxygen atoms in total. The zero-order valence-electron chi connectivity index (χ0n) is 7.28. The Kier molecular flexibility index (Phi) is 2.92. The number of nitrogens with one attached hydrogen (secondary N) is 2. The third-order valence-electron chi connectivity index (χ3n) is 1.47. The largest absolute Gasteiger partial charge is 0.508 e. The summed E-state index contributed by atoms with van der Waals surface area (Å²) in [7, 11) is -2.53. The highest BCUT2D eigenvalue weighted by Crippen LogP contribution is 2.19. The van der Waals surface area contributed by atoms with Crippen LogP contribution in [0.3, 0.4) is 0 Å². The van der Waals surface area contributed by atoms with E-state index in [9.17, 15) is 12.8 Å². The van der Waals surface area contributed by atoms with Gasteiger partial charge in [-0.3, -0.25) is 4.72 Å². The van der Waals surface area contributed by atoms with Crippen molar-refractivity contribution in [2.24, 2.45) is 0 Å². The predicted octanol–water partition coefficient (Wildman–Crippen LogP) is 0.407. The molecule has 1 aromatic carbocycles. The lowest BCUT2D eigenvalue weighted by molar-refractivity contribution is 0.469. The Morgan fingerprint density at radius 3 is 2.57 bits per heavy atom. The number of phenols is 1. The number of hydrogen-bond donors (Lipinski definition) is 3. The molecule has 0 saturated carbocycles. The normalized spacial score (nSPS) is 11.3. The van der Waals surface area contributed by atoms with Crippen LogP contribution in [0, 0.1) is 5.82 Å². The third kappa shape index (κ3) is 2.57. The molecule has 0 aliphatic rings. The summed E-state index contributed by atoms with van der Waals surface area (Å²) in [6, 6.07) is 3.11. The molecule has 0 aliphatic carbocycles. The van der Waals surface area contributed by atoms with Crippen molar-refractivity contribution in [3.63, 3.8) is 0 Å². The summed E-state index contributed by atoms with van der Waals surface area (Å²) in [6.07, 6.45) is 0. The predicted molar refractivity (Wildman–Crippen MR) is 49.7 cm³/mol. The van der Waals surface area contributed by atoms with Crippen LogP contribution in [0.2, 0.25) is 0 Å². The average molecular weight is 220 g/mol. The van der Waals surface area contributed by atoms with Crippen molar-refractivity contribution in [1.29, 1.82) is 0 Å². The van der Waals surface area contributed by atoms with Crippen LogP contribution in [0.15, 0.2) is 18.2 Å². The maximum Gasteiger partial charge on any atom is 0.298 e. The molecule has 0 fully saturated rings. The van der Waals surface area contributed by atoms with E-state index in [1.165, 1.54) is 13.1 Å². The lowest BCUT2D eigenvalue weighted by atomic mass is 10.3. The van der Waals surface area contributed by atoms with Crippen LogP contribution in [0.1, 0.15) is 0 Å². The van der Waals surface area contributed by atoms with Gasteiger partial charge in [0.15, 0.2) is 5.82 Å². The van der Waals surface area contributed by atoms with Gasteiger partial charge in [-0.2, -0.15) is 8.42 Å². The molecule has 0 atom stereocenters. The molecule has 0 spiro atoms. The molecule has 0 unspecified atom stereocenters. The van der Waals surface area contributed by atoms with Crippen molar-refractivity contribution in [1.82, 2.24) is 4.72 Å². The molecule has 14 heavy (non-hydrogen) atoms. The molecule has 1 rings (SSSR count). The number of hydrogen-bond acceptors (Lipinski definition) is 3. The van der Waals surface area contributed by atoms with E-state index in [1.807, 2.05) is 9.44 Å². The van der Waals surface area contributed by atoms with Crippen LogP contribution in [-0.2, 0) is 10.2 Å². The van der Waals surface area contributed by atoms with Crippen LogP contribution < -0.4 is 9.44 Å². The summed E-state index contributed by atoms with van der Waals surface area (Å²) < 4.78 is 38.8. The highest BCUT2D eigenvalue weighted by atomic mass is 32.2. The van der Waals surface area contributed by atoms with Crippen LogP contribution in [0.25, 0.3) is 0 Å². The minimum absolute atomic E-state index is 0.225. The second-order valence-electron chi connectivity index (χ2n) is 2.47. The van der Waals surface area contributed by atoms with Crippen molar-refractivity contribution in [2.45, 2.75) is 0 Å².